The van der Waals surface area contributed by atoms with E-state index in [2.05, 4.69) is 22.3 Å². The van der Waals surface area contributed by atoms with Crippen molar-refractivity contribution >= 4 is 16.7 Å². The van der Waals surface area contributed by atoms with Gasteiger partial charge in [-0.05, 0) is 28.5 Å². The number of amides is 1. The van der Waals surface area contributed by atoms with E-state index in [9.17, 15) is 4.79 Å². The molecule has 27 heavy (non-hydrogen) atoms. The van der Waals surface area contributed by atoms with Crippen LogP contribution >= 0.6 is 0 Å². The lowest BCUT2D eigenvalue weighted by Crippen LogP contribution is -2.27. The normalized spacial score (nSPS) is 10.9. The van der Waals surface area contributed by atoms with Crippen LogP contribution in [0.4, 0.5) is 0 Å². The molecule has 0 fully saturated rings. The second-order valence-corrected chi connectivity index (χ2v) is 6.43. The van der Waals surface area contributed by atoms with Crippen LogP contribution in [0.3, 0.4) is 0 Å². The number of carbonyl (C=O) groups excluding carboxylic acids is 1. The maximum Gasteiger partial charge on any atom is 0.247 e. The Bertz CT molecular complexity index is 1070. The number of aromatic nitrogens is 2. The van der Waals surface area contributed by atoms with Crippen LogP contribution in [0.5, 0.6) is 0 Å². The predicted octanol–water partition coefficient (Wildman–Crippen LogP) is 4.09. The highest BCUT2D eigenvalue weighted by Crippen LogP contribution is 2.20. The van der Waals surface area contributed by atoms with Crippen LogP contribution in [-0.2, 0) is 17.8 Å². The van der Waals surface area contributed by atoms with Gasteiger partial charge in [-0.15, -0.1) is 10.2 Å². The quantitative estimate of drug-likeness (QED) is 0.540. The van der Waals surface area contributed by atoms with Crippen LogP contribution in [0.2, 0.25) is 0 Å². The third kappa shape index (κ3) is 3.72. The molecule has 0 aliphatic heterocycles. The molecule has 0 saturated heterocycles. The highest BCUT2D eigenvalue weighted by atomic mass is 16.4. The Morgan fingerprint density at radius 3 is 2.52 bits per heavy atom. The first-order valence-electron chi connectivity index (χ1n) is 8.79. The van der Waals surface area contributed by atoms with E-state index in [0.717, 1.165) is 21.9 Å². The van der Waals surface area contributed by atoms with Gasteiger partial charge in [-0.1, -0.05) is 60.7 Å². The summed E-state index contributed by atoms with van der Waals surface area (Å²) in [4.78, 5) is 14.3. The molecule has 0 unspecified atom stereocenters. The van der Waals surface area contributed by atoms with Gasteiger partial charge in [0.15, 0.2) is 0 Å². The molecule has 5 heteroatoms. The van der Waals surface area contributed by atoms with Crippen molar-refractivity contribution in [2.75, 3.05) is 7.05 Å². The van der Waals surface area contributed by atoms with Crippen LogP contribution in [0.15, 0.2) is 77.2 Å². The lowest BCUT2D eigenvalue weighted by molar-refractivity contribution is -0.129. The zero-order chi connectivity index (χ0) is 18.6. The molecule has 1 heterocycles. The van der Waals surface area contributed by atoms with Crippen LogP contribution in [0.1, 0.15) is 11.5 Å². The Kier molecular flexibility index (Phi) is 4.66. The van der Waals surface area contributed by atoms with E-state index in [1.165, 1.54) is 0 Å². The lowest BCUT2D eigenvalue weighted by Gasteiger charge is -2.15. The molecule has 0 bridgehead atoms. The molecule has 0 radical (unpaired) electrons. The minimum absolute atomic E-state index is 0.00538. The van der Waals surface area contributed by atoms with Gasteiger partial charge in [-0.25, -0.2) is 0 Å². The fourth-order valence-corrected chi connectivity index (χ4v) is 3.05. The molecule has 0 saturated carbocycles. The van der Waals surface area contributed by atoms with Crippen LogP contribution in [-0.4, -0.2) is 28.1 Å². The molecule has 0 spiro atoms. The fourth-order valence-electron chi connectivity index (χ4n) is 3.05. The highest BCUT2D eigenvalue weighted by molar-refractivity contribution is 5.90. The second kappa shape index (κ2) is 7.41. The first-order valence-corrected chi connectivity index (χ1v) is 8.79. The summed E-state index contributed by atoms with van der Waals surface area (Å²) in [7, 11) is 1.75. The van der Waals surface area contributed by atoms with E-state index in [1.807, 2.05) is 60.7 Å². The van der Waals surface area contributed by atoms with E-state index in [-0.39, 0.29) is 12.5 Å². The lowest BCUT2D eigenvalue weighted by atomic mass is 10.0. The minimum atomic E-state index is 0.00538. The van der Waals surface area contributed by atoms with Crippen LogP contribution in [0, 0.1) is 0 Å². The van der Waals surface area contributed by atoms with Crippen molar-refractivity contribution in [3.05, 3.63) is 84.3 Å². The summed E-state index contributed by atoms with van der Waals surface area (Å²) < 4.78 is 5.69. The predicted molar refractivity (Wildman–Crippen MR) is 104 cm³/mol. The standard InChI is InChI=1S/C22H19N3O2/c1-25(15-20-23-24-22(27-20)17-9-3-2-4-10-17)21(26)14-18-12-7-11-16-8-5-6-13-19(16)18/h2-13H,14-15H2,1H3. The summed E-state index contributed by atoms with van der Waals surface area (Å²) >= 11 is 0. The Morgan fingerprint density at radius 2 is 1.67 bits per heavy atom. The van der Waals surface area contributed by atoms with Crippen molar-refractivity contribution in [3.8, 4) is 11.5 Å². The van der Waals surface area contributed by atoms with Gasteiger partial charge in [0.25, 0.3) is 0 Å². The number of fused-ring (bicyclic) bond motifs is 1. The van der Waals surface area contributed by atoms with E-state index < -0.39 is 0 Å². The summed E-state index contributed by atoms with van der Waals surface area (Å²) in [5.74, 6) is 0.883. The molecule has 5 nitrogen and oxygen atoms in total. The zero-order valence-electron chi connectivity index (χ0n) is 15.0. The first-order chi connectivity index (χ1) is 13.2. The van der Waals surface area contributed by atoms with E-state index in [1.54, 1.807) is 11.9 Å². The van der Waals surface area contributed by atoms with Gasteiger partial charge in [0.1, 0.15) is 0 Å². The molecule has 4 aromatic rings. The van der Waals surface area contributed by atoms with Crippen LogP contribution < -0.4 is 0 Å². The maximum atomic E-state index is 12.7. The number of nitrogens with zero attached hydrogens (tertiary/aromatic N) is 3. The fraction of sp³-hybridized carbons (Fsp3) is 0.136. The van der Waals surface area contributed by atoms with Gasteiger partial charge in [0, 0.05) is 12.6 Å². The van der Waals surface area contributed by atoms with Crippen molar-refractivity contribution in [3.63, 3.8) is 0 Å². The second-order valence-electron chi connectivity index (χ2n) is 6.43. The molecule has 134 valence electrons. The summed E-state index contributed by atoms with van der Waals surface area (Å²) in [6, 6.07) is 23.7. The average Bonchev–Trinajstić information content (AvgIpc) is 3.17. The van der Waals surface area contributed by atoms with Crippen molar-refractivity contribution in [2.24, 2.45) is 0 Å². The summed E-state index contributed by atoms with van der Waals surface area (Å²) in [6.07, 6.45) is 0.331. The molecule has 1 amide bonds. The number of rotatable bonds is 5. The zero-order valence-corrected chi connectivity index (χ0v) is 15.0. The van der Waals surface area contributed by atoms with Crippen LogP contribution in [0.25, 0.3) is 22.2 Å². The smallest absolute Gasteiger partial charge is 0.247 e. The third-order valence-corrected chi connectivity index (χ3v) is 4.51. The van der Waals surface area contributed by atoms with Gasteiger partial charge in [-0.3, -0.25) is 4.79 Å². The van der Waals surface area contributed by atoms with Gasteiger partial charge >= 0.3 is 0 Å². The van der Waals surface area contributed by atoms with Crippen molar-refractivity contribution in [1.29, 1.82) is 0 Å². The molecular weight excluding hydrogens is 338 g/mol. The SMILES string of the molecule is CN(Cc1nnc(-c2ccccc2)o1)C(=O)Cc1cccc2ccccc12. The summed E-state index contributed by atoms with van der Waals surface area (Å²) in [6.45, 7) is 0.281. The monoisotopic (exact) mass is 357 g/mol. The maximum absolute atomic E-state index is 12.7. The molecule has 0 N–H and O–H groups in total. The first kappa shape index (κ1) is 17.0. The number of hydrogen-bond acceptors (Lipinski definition) is 4. The van der Waals surface area contributed by atoms with Gasteiger partial charge in [-0.2, -0.15) is 0 Å². The molecule has 0 aliphatic rings. The minimum Gasteiger partial charge on any atom is -0.419 e. The topological polar surface area (TPSA) is 59.2 Å². The number of carbonyl (C=O) groups is 1. The number of likely N-dealkylation sites (N-methyl/N-ethyl adjacent to an activating group) is 1. The number of benzene rings is 3. The molecule has 1 aromatic heterocycles. The number of hydrogen-bond donors (Lipinski definition) is 0. The molecule has 3 aromatic carbocycles. The van der Waals surface area contributed by atoms with Crippen molar-refractivity contribution in [2.45, 2.75) is 13.0 Å². The van der Waals surface area contributed by atoms with E-state index in [4.69, 9.17) is 4.42 Å². The summed E-state index contributed by atoms with van der Waals surface area (Å²) in [5.41, 5.74) is 1.88. The van der Waals surface area contributed by atoms with E-state index >= 15 is 0 Å². The molecule has 4 rings (SSSR count). The Hall–Kier alpha value is -3.47. The Morgan fingerprint density at radius 1 is 0.926 bits per heavy atom. The third-order valence-electron chi connectivity index (χ3n) is 4.51. The highest BCUT2D eigenvalue weighted by Gasteiger charge is 2.16. The molecular formula is C22H19N3O2. The average molecular weight is 357 g/mol. The van der Waals surface area contributed by atoms with Gasteiger partial charge in [0.05, 0.1) is 13.0 Å². The molecule has 0 atom stereocenters. The van der Waals surface area contributed by atoms with Crippen molar-refractivity contribution < 1.29 is 9.21 Å². The van der Waals surface area contributed by atoms with Crippen molar-refractivity contribution in [1.82, 2.24) is 15.1 Å². The molecule has 0 aliphatic carbocycles. The largest absolute Gasteiger partial charge is 0.419 e. The van der Waals surface area contributed by atoms with E-state index in [0.29, 0.717) is 18.2 Å². The van der Waals surface area contributed by atoms with Gasteiger partial charge in [0.2, 0.25) is 17.7 Å². The Labute approximate surface area is 157 Å². The Balaban J connectivity index is 1.46. The summed E-state index contributed by atoms with van der Waals surface area (Å²) in [5, 5.41) is 10.4. The van der Waals surface area contributed by atoms with Gasteiger partial charge < -0.3 is 9.32 Å².